The number of aryl methyl sites for hydroxylation is 1. The minimum atomic E-state index is -3.39. The summed E-state index contributed by atoms with van der Waals surface area (Å²) in [5.74, 6) is 0.271. The summed E-state index contributed by atoms with van der Waals surface area (Å²) in [4.78, 5) is 0.289. The Morgan fingerprint density at radius 3 is 2.38 bits per heavy atom. The van der Waals surface area contributed by atoms with Gasteiger partial charge in [-0.2, -0.15) is 0 Å². The molecule has 0 aliphatic carbocycles. The number of rotatable bonds is 6. The van der Waals surface area contributed by atoms with Crippen LogP contribution in [0.3, 0.4) is 0 Å². The number of hydrogen-bond acceptors (Lipinski definition) is 2. The molecule has 0 amide bonds. The molecule has 0 aliphatic rings. The van der Waals surface area contributed by atoms with Crippen LogP contribution >= 0.6 is 11.6 Å². The van der Waals surface area contributed by atoms with Gasteiger partial charge in [0.25, 0.3) is 0 Å². The van der Waals surface area contributed by atoms with Gasteiger partial charge >= 0.3 is 0 Å². The standard InChI is InChI=1S/C11H16ClNO2S/c1-2-3-10-4-6-11(7-5-10)16(14,15)13-9-8-12/h4-7,13H,2-3,8-9H2,1H3. The third-order valence-corrected chi connectivity index (χ3v) is 3.82. The molecule has 1 rings (SSSR count). The monoisotopic (exact) mass is 261 g/mol. The molecule has 0 atom stereocenters. The molecule has 0 bridgehead atoms. The molecule has 0 spiro atoms. The van der Waals surface area contributed by atoms with Crippen molar-refractivity contribution in [2.75, 3.05) is 12.4 Å². The molecule has 0 radical (unpaired) electrons. The van der Waals surface area contributed by atoms with Gasteiger partial charge < -0.3 is 0 Å². The molecule has 0 heterocycles. The highest BCUT2D eigenvalue weighted by atomic mass is 35.5. The van der Waals surface area contributed by atoms with Crippen LogP contribution < -0.4 is 4.72 Å². The molecule has 5 heteroatoms. The zero-order chi connectivity index (χ0) is 12.0. The molecule has 1 aromatic rings. The number of sulfonamides is 1. The predicted molar refractivity (Wildman–Crippen MR) is 66.3 cm³/mol. The topological polar surface area (TPSA) is 46.2 Å². The number of nitrogens with one attached hydrogen (secondary N) is 1. The Kier molecular flexibility index (Phi) is 5.25. The fraction of sp³-hybridized carbons (Fsp3) is 0.455. The van der Waals surface area contributed by atoms with Crippen LogP contribution in [0.5, 0.6) is 0 Å². The molecule has 0 saturated heterocycles. The maximum atomic E-state index is 11.7. The Morgan fingerprint density at radius 1 is 1.25 bits per heavy atom. The molecule has 1 aromatic carbocycles. The van der Waals surface area contributed by atoms with E-state index in [-0.39, 0.29) is 17.3 Å². The Labute approximate surface area is 102 Å². The summed E-state index contributed by atoms with van der Waals surface area (Å²) < 4.78 is 25.8. The molecular formula is C11H16ClNO2S. The van der Waals surface area contributed by atoms with Crippen molar-refractivity contribution in [1.29, 1.82) is 0 Å². The maximum absolute atomic E-state index is 11.7. The Morgan fingerprint density at radius 2 is 1.88 bits per heavy atom. The lowest BCUT2D eigenvalue weighted by atomic mass is 10.1. The quantitative estimate of drug-likeness (QED) is 0.798. The van der Waals surface area contributed by atoms with Crippen molar-refractivity contribution < 1.29 is 8.42 Å². The van der Waals surface area contributed by atoms with Crippen molar-refractivity contribution in [1.82, 2.24) is 4.72 Å². The molecule has 90 valence electrons. The van der Waals surface area contributed by atoms with Crippen molar-refractivity contribution in [2.24, 2.45) is 0 Å². The lowest BCUT2D eigenvalue weighted by molar-refractivity contribution is 0.584. The average molecular weight is 262 g/mol. The number of halogens is 1. The van der Waals surface area contributed by atoms with Gasteiger partial charge in [-0.1, -0.05) is 25.5 Å². The zero-order valence-electron chi connectivity index (χ0n) is 9.24. The SMILES string of the molecule is CCCc1ccc(S(=O)(=O)NCCCl)cc1. The largest absolute Gasteiger partial charge is 0.240 e. The Hall–Kier alpha value is -0.580. The molecule has 0 aromatic heterocycles. The van der Waals surface area contributed by atoms with Crippen LogP contribution in [0.2, 0.25) is 0 Å². The first-order chi connectivity index (χ1) is 7.60. The second-order valence-corrected chi connectivity index (χ2v) is 5.63. The Balaban J connectivity index is 2.80. The number of hydrogen-bond donors (Lipinski definition) is 1. The van der Waals surface area contributed by atoms with Crippen LogP contribution in [-0.4, -0.2) is 20.8 Å². The van der Waals surface area contributed by atoms with Gasteiger partial charge in [0.1, 0.15) is 0 Å². The van der Waals surface area contributed by atoms with Crippen LogP contribution in [0.4, 0.5) is 0 Å². The van der Waals surface area contributed by atoms with Crippen LogP contribution in [0.15, 0.2) is 29.2 Å². The van der Waals surface area contributed by atoms with Gasteiger partial charge in [-0.25, -0.2) is 13.1 Å². The third kappa shape index (κ3) is 3.77. The van der Waals surface area contributed by atoms with Gasteiger partial charge in [-0.15, -0.1) is 11.6 Å². The Bertz CT molecular complexity index is 414. The minimum absolute atomic E-state index is 0.251. The van der Waals surface area contributed by atoms with Crippen LogP contribution in [0.25, 0.3) is 0 Å². The van der Waals surface area contributed by atoms with Gasteiger partial charge in [0, 0.05) is 12.4 Å². The molecule has 1 N–H and O–H groups in total. The van der Waals surface area contributed by atoms with Crippen LogP contribution in [0.1, 0.15) is 18.9 Å². The first kappa shape index (κ1) is 13.5. The van der Waals surface area contributed by atoms with E-state index in [0.717, 1.165) is 18.4 Å². The summed E-state index contributed by atoms with van der Waals surface area (Å²) in [7, 11) is -3.39. The summed E-state index contributed by atoms with van der Waals surface area (Å²) >= 11 is 5.43. The average Bonchev–Trinajstić information content (AvgIpc) is 2.28. The molecule has 0 unspecified atom stereocenters. The second kappa shape index (κ2) is 6.23. The van der Waals surface area contributed by atoms with Gasteiger partial charge in [-0.3, -0.25) is 0 Å². The van der Waals surface area contributed by atoms with E-state index in [1.807, 2.05) is 12.1 Å². The summed E-state index contributed by atoms with van der Waals surface area (Å²) in [6.45, 7) is 2.34. The summed E-state index contributed by atoms with van der Waals surface area (Å²) in [5.41, 5.74) is 1.15. The van der Waals surface area contributed by atoms with Crippen molar-refractivity contribution in [3.05, 3.63) is 29.8 Å². The molecule has 16 heavy (non-hydrogen) atoms. The highest BCUT2D eigenvalue weighted by molar-refractivity contribution is 7.89. The van der Waals surface area contributed by atoms with E-state index in [1.165, 1.54) is 0 Å². The highest BCUT2D eigenvalue weighted by Crippen LogP contribution is 2.11. The fourth-order valence-electron chi connectivity index (χ4n) is 1.38. The molecule has 0 fully saturated rings. The van der Waals surface area contributed by atoms with Crippen molar-refractivity contribution in [2.45, 2.75) is 24.7 Å². The highest BCUT2D eigenvalue weighted by Gasteiger charge is 2.12. The van der Waals surface area contributed by atoms with Gasteiger partial charge in [0.2, 0.25) is 10.0 Å². The van der Waals surface area contributed by atoms with E-state index in [9.17, 15) is 8.42 Å². The van der Waals surface area contributed by atoms with Gasteiger partial charge in [0.15, 0.2) is 0 Å². The number of alkyl halides is 1. The minimum Gasteiger partial charge on any atom is -0.210 e. The predicted octanol–water partition coefficient (Wildman–Crippen LogP) is 2.16. The second-order valence-electron chi connectivity index (χ2n) is 3.48. The third-order valence-electron chi connectivity index (χ3n) is 2.16. The van der Waals surface area contributed by atoms with E-state index in [4.69, 9.17) is 11.6 Å². The normalized spacial score (nSPS) is 11.6. The van der Waals surface area contributed by atoms with E-state index in [1.54, 1.807) is 12.1 Å². The summed E-state index contributed by atoms with van der Waals surface area (Å²) in [5, 5.41) is 0. The van der Waals surface area contributed by atoms with Crippen molar-refractivity contribution >= 4 is 21.6 Å². The molecular weight excluding hydrogens is 246 g/mol. The first-order valence-electron chi connectivity index (χ1n) is 5.24. The van der Waals surface area contributed by atoms with Gasteiger partial charge in [-0.05, 0) is 24.1 Å². The van der Waals surface area contributed by atoms with Crippen LogP contribution in [0, 0.1) is 0 Å². The van der Waals surface area contributed by atoms with Crippen LogP contribution in [-0.2, 0) is 16.4 Å². The fourth-order valence-corrected chi connectivity index (χ4v) is 2.62. The van der Waals surface area contributed by atoms with Crippen molar-refractivity contribution in [3.63, 3.8) is 0 Å². The zero-order valence-corrected chi connectivity index (χ0v) is 10.8. The van der Waals surface area contributed by atoms with E-state index < -0.39 is 10.0 Å². The van der Waals surface area contributed by atoms with E-state index >= 15 is 0 Å². The van der Waals surface area contributed by atoms with E-state index in [0.29, 0.717) is 0 Å². The first-order valence-corrected chi connectivity index (χ1v) is 7.26. The lowest BCUT2D eigenvalue weighted by Gasteiger charge is -2.05. The lowest BCUT2D eigenvalue weighted by Crippen LogP contribution is -2.25. The smallest absolute Gasteiger partial charge is 0.210 e. The summed E-state index contributed by atoms with van der Waals surface area (Å²) in [6, 6.07) is 6.95. The van der Waals surface area contributed by atoms with Gasteiger partial charge in [0.05, 0.1) is 4.90 Å². The number of benzene rings is 1. The maximum Gasteiger partial charge on any atom is 0.240 e. The molecule has 3 nitrogen and oxygen atoms in total. The molecule has 0 aliphatic heterocycles. The molecule has 0 saturated carbocycles. The van der Waals surface area contributed by atoms with Crippen molar-refractivity contribution in [3.8, 4) is 0 Å². The summed E-state index contributed by atoms with van der Waals surface area (Å²) in [6.07, 6.45) is 2.02. The van der Waals surface area contributed by atoms with E-state index in [2.05, 4.69) is 11.6 Å².